The lowest BCUT2D eigenvalue weighted by Gasteiger charge is -2.34. The van der Waals surface area contributed by atoms with Crippen LogP contribution in [0.15, 0.2) is 12.2 Å². The summed E-state index contributed by atoms with van der Waals surface area (Å²) in [6.07, 6.45) is 7.99. The number of carbonyl (C=O) groups excluding carboxylic acids is 3. The number of likely N-dealkylation sites (tertiary alicyclic amines) is 1. The molecule has 0 aromatic rings. The van der Waals surface area contributed by atoms with Crippen molar-refractivity contribution < 1.29 is 19.5 Å². The fraction of sp³-hybridized carbons (Fsp3) is 0.773. The van der Waals surface area contributed by atoms with Gasteiger partial charge >= 0.3 is 0 Å². The molecule has 0 aromatic heterocycles. The SMILES string of the molecule is CCCC(C)NC(=O)[C@@H]1[C@H]2C=C[C@@H](CCC)[C@@H](C(=O)NC)[C@@H]2C(=O)N1CCCO. The maximum Gasteiger partial charge on any atom is 0.243 e. The number of nitrogens with one attached hydrogen (secondary N) is 2. The van der Waals surface area contributed by atoms with Crippen LogP contribution in [0.5, 0.6) is 0 Å². The van der Waals surface area contributed by atoms with E-state index in [4.69, 9.17) is 0 Å². The third kappa shape index (κ3) is 5.00. The Bertz CT molecular complexity index is 621. The molecule has 1 aliphatic heterocycles. The van der Waals surface area contributed by atoms with E-state index in [9.17, 15) is 19.5 Å². The lowest BCUT2D eigenvalue weighted by Crippen LogP contribution is -2.50. The maximum absolute atomic E-state index is 13.4. The Morgan fingerprint density at radius 3 is 2.52 bits per heavy atom. The Labute approximate surface area is 174 Å². The zero-order valence-corrected chi connectivity index (χ0v) is 18.2. The molecule has 164 valence electrons. The molecule has 29 heavy (non-hydrogen) atoms. The van der Waals surface area contributed by atoms with Crippen LogP contribution in [0.3, 0.4) is 0 Å². The molecule has 2 aliphatic rings. The van der Waals surface area contributed by atoms with Gasteiger partial charge in [-0.15, -0.1) is 0 Å². The molecule has 7 nitrogen and oxygen atoms in total. The Hall–Kier alpha value is -1.89. The number of allylic oxidation sites excluding steroid dienone is 1. The molecule has 3 N–H and O–H groups in total. The molecule has 1 heterocycles. The van der Waals surface area contributed by atoms with Crippen LogP contribution < -0.4 is 10.6 Å². The van der Waals surface area contributed by atoms with Gasteiger partial charge in [0.15, 0.2) is 0 Å². The van der Waals surface area contributed by atoms with Gasteiger partial charge in [-0.1, -0.05) is 38.8 Å². The van der Waals surface area contributed by atoms with Crippen molar-refractivity contribution in [1.82, 2.24) is 15.5 Å². The highest BCUT2D eigenvalue weighted by molar-refractivity contribution is 5.96. The predicted octanol–water partition coefficient (Wildman–Crippen LogP) is 1.47. The first-order valence-electron chi connectivity index (χ1n) is 11.0. The van der Waals surface area contributed by atoms with Gasteiger partial charge in [0, 0.05) is 32.2 Å². The van der Waals surface area contributed by atoms with Crippen LogP contribution in [0.1, 0.15) is 52.9 Å². The second kappa shape index (κ2) is 10.8. The average molecular weight is 408 g/mol. The van der Waals surface area contributed by atoms with Crippen LogP contribution in [0.25, 0.3) is 0 Å². The molecule has 0 radical (unpaired) electrons. The van der Waals surface area contributed by atoms with Crippen molar-refractivity contribution in [2.45, 2.75) is 65.0 Å². The Kier molecular flexibility index (Phi) is 8.68. The highest BCUT2D eigenvalue weighted by Crippen LogP contribution is 2.45. The number of nitrogens with zero attached hydrogens (tertiary/aromatic N) is 1. The van der Waals surface area contributed by atoms with E-state index in [-0.39, 0.29) is 42.2 Å². The fourth-order valence-electron chi connectivity index (χ4n) is 4.95. The zero-order valence-electron chi connectivity index (χ0n) is 18.2. The number of rotatable bonds is 10. The molecular formula is C22H37N3O4. The normalized spacial score (nSPS) is 29.5. The summed E-state index contributed by atoms with van der Waals surface area (Å²) in [6.45, 7) is 6.37. The molecule has 1 fully saturated rings. The lowest BCUT2D eigenvalue weighted by molar-refractivity contribution is -0.141. The second-order valence-electron chi connectivity index (χ2n) is 8.33. The van der Waals surface area contributed by atoms with Gasteiger partial charge in [0.05, 0.1) is 11.8 Å². The minimum absolute atomic E-state index is 0.00864. The molecule has 1 unspecified atom stereocenters. The summed E-state index contributed by atoms with van der Waals surface area (Å²) in [5.41, 5.74) is 0. The smallest absolute Gasteiger partial charge is 0.243 e. The Balaban J connectivity index is 2.38. The molecule has 6 atom stereocenters. The Morgan fingerprint density at radius 2 is 1.93 bits per heavy atom. The van der Waals surface area contributed by atoms with Crippen molar-refractivity contribution in [2.24, 2.45) is 23.7 Å². The third-order valence-corrected chi connectivity index (χ3v) is 6.22. The molecule has 1 saturated heterocycles. The number of amides is 3. The molecule has 0 spiro atoms. The summed E-state index contributed by atoms with van der Waals surface area (Å²) in [4.78, 5) is 40.9. The van der Waals surface area contributed by atoms with Gasteiger partial charge in [-0.2, -0.15) is 0 Å². The number of hydrogen-bond donors (Lipinski definition) is 3. The molecule has 2 rings (SSSR count). The zero-order chi connectivity index (χ0) is 21.6. The van der Waals surface area contributed by atoms with Crippen LogP contribution in [0, 0.1) is 23.7 Å². The number of fused-ring (bicyclic) bond motifs is 1. The molecule has 3 amide bonds. The molecule has 0 saturated carbocycles. The fourth-order valence-corrected chi connectivity index (χ4v) is 4.95. The average Bonchev–Trinajstić information content (AvgIpc) is 2.98. The van der Waals surface area contributed by atoms with Crippen LogP contribution in [0.2, 0.25) is 0 Å². The van der Waals surface area contributed by atoms with Crippen LogP contribution in [-0.2, 0) is 14.4 Å². The van der Waals surface area contributed by atoms with Gasteiger partial charge in [0.2, 0.25) is 17.7 Å². The second-order valence-corrected chi connectivity index (χ2v) is 8.33. The number of aliphatic hydroxyl groups excluding tert-OH is 1. The monoisotopic (exact) mass is 407 g/mol. The summed E-state index contributed by atoms with van der Waals surface area (Å²) < 4.78 is 0. The van der Waals surface area contributed by atoms with Gasteiger partial charge in [0.1, 0.15) is 6.04 Å². The highest BCUT2D eigenvalue weighted by atomic mass is 16.3. The van der Waals surface area contributed by atoms with E-state index in [1.807, 2.05) is 19.1 Å². The number of carbonyl (C=O) groups is 3. The van der Waals surface area contributed by atoms with Crippen molar-refractivity contribution >= 4 is 17.7 Å². The van der Waals surface area contributed by atoms with Crippen molar-refractivity contribution in [3.63, 3.8) is 0 Å². The quantitative estimate of drug-likeness (QED) is 0.478. The minimum atomic E-state index is -0.635. The van der Waals surface area contributed by atoms with Crippen molar-refractivity contribution in [3.05, 3.63) is 12.2 Å². The van der Waals surface area contributed by atoms with E-state index in [0.717, 1.165) is 25.7 Å². The first-order chi connectivity index (χ1) is 13.9. The van der Waals surface area contributed by atoms with Crippen molar-refractivity contribution in [1.29, 1.82) is 0 Å². The summed E-state index contributed by atoms with van der Waals surface area (Å²) in [6, 6.07) is -0.610. The standard InChI is InChI=1S/C22H37N3O4/c1-5-8-14(3)24-21(28)19-16-11-10-15(9-6-2)17(20(27)23-4)18(16)22(29)25(19)12-7-13-26/h10-11,14-19,26H,5-9,12-13H2,1-4H3,(H,23,27)(H,24,28)/t14?,15-,16+,17-,18-,19+/m1/s1. The summed E-state index contributed by atoms with van der Waals surface area (Å²) in [5.74, 6) is -1.79. The minimum Gasteiger partial charge on any atom is -0.396 e. The lowest BCUT2D eigenvalue weighted by atomic mass is 9.68. The first kappa shape index (κ1) is 23.4. The largest absolute Gasteiger partial charge is 0.396 e. The van der Waals surface area contributed by atoms with Gasteiger partial charge in [-0.25, -0.2) is 0 Å². The van der Waals surface area contributed by atoms with E-state index in [0.29, 0.717) is 13.0 Å². The summed E-state index contributed by atoms with van der Waals surface area (Å²) in [5, 5.41) is 15.1. The predicted molar refractivity (Wildman–Crippen MR) is 112 cm³/mol. The summed E-state index contributed by atoms with van der Waals surface area (Å²) in [7, 11) is 1.60. The van der Waals surface area contributed by atoms with Gasteiger partial charge in [0.25, 0.3) is 0 Å². The van der Waals surface area contributed by atoms with Crippen LogP contribution in [0.4, 0.5) is 0 Å². The van der Waals surface area contributed by atoms with Gasteiger partial charge in [-0.3, -0.25) is 14.4 Å². The number of hydrogen-bond acceptors (Lipinski definition) is 4. The topological polar surface area (TPSA) is 98.7 Å². The van der Waals surface area contributed by atoms with Crippen molar-refractivity contribution in [3.8, 4) is 0 Å². The van der Waals surface area contributed by atoms with Crippen molar-refractivity contribution in [2.75, 3.05) is 20.2 Å². The van der Waals surface area contributed by atoms with E-state index in [1.165, 1.54) is 0 Å². The van der Waals surface area contributed by atoms with E-state index in [1.54, 1.807) is 11.9 Å². The Morgan fingerprint density at radius 1 is 1.21 bits per heavy atom. The molecule has 1 aliphatic carbocycles. The van der Waals surface area contributed by atoms with E-state index < -0.39 is 17.9 Å². The molecule has 0 aromatic carbocycles. The summed E-state index contributed by atoms with van der Waals surface area (Å²) >= 11 is 0. The van der Waals surface area contributed by atoms with Gasteiger partial charge < -0.3 is 20.6 Å². The van der Waals surface area contributed by atoms with Crippen LogP contribution >= 0.6 is 0 Å². The van der Waals surface area contributed by atoms with Gasteiger partial charge in [-0.05, 0) is 32.1 Å². The molecule has 0 bridgehead atoms. The molecule has 7 heteroatoms. The highest BCUT2D eigenvalue weighted by Gasteiger charge is 2.56. The number of aliphatic hydroxyl groups is 1. The van der Waals surface area contributed by atoms with Crippen LogP contribution in [-0.4, -0.2) is 60.0 Å². The van der Waals surface area contributed by atoms with E-state index >= 15 is 0 Å². The first-order valence-corrected chi connectivity index (χ1v) is 11.0. The molecular weight excluding hydrogens is 370 g/mol. The maximum atomic E-state index is 13.4. The van der Waals surface area contributed by atoms with E-state index in [2.05, 4.69) is 24.5 Å². The third-order valence-electron chi connectivity index (χ3n) is 6.22.